The Bertz CT molecular complexity index is 4310. The minimum Gasteiger partial charge on any atom is -0.423 e. The number of halogens is 1. The third-order valence-corrected chi connectivity index (χ3v) is 14.4. The largest absolute Gasteiger partial charge is 0.489 e. The maximum absolute atomic E-state index is 10.1. The number of hydrogen-bond acceptors (Lipinski definition) is 6. The van der Waals surface area contributed by atoms with Crippen LogP contribution in [-0.2, 0) is 0 Å². The van der Waals surface area contributed by atoms with Gasteiger partial charge in [0.25, 0.3) is 0 Å². The van der Waals surface area contributed by atoms with E-state index in [9.17, 15) is 10.0 Å². The zero-order valence-electron chi connectivity index (χ0n) is 41.0. The lowest BCUT2D eigenvalue weighted by molar-refractivity contribution is 0.426. The summed E-state index contributed by atoms with van der Waals surface area (Å²) in [6.07, 6.45) is 7.15. The second-order valence-corrected chi connectivity index (χ2v) is 19.3. The van der Waals surface area contributed by atoms with Crippen molar-refractivity contribution in [3.05, 3.63) is 272 Å². The first-order valence-corrected chi connectivity index (χ1v) is 25.9. The molecule has 0 aliphatic carbocycles. The summed E-state index contributed by atoms with van der Waals surface area (Å²) in [5.74, 6) is 0. The number of benzene rings is 10. The maximum Gasteiger partial charge on any atom is 0.489 e. The first-order valence-electron chi connectivity index (χ1n) is 25.1. The van der Waals surface area contributed by atoms with E-state index in [0.717, 1.165) is 65.5 Å². The summed E-state index contributed by atoms with van der Waals surface area (Å²) >= 11 is 3.33. The molecule has 360 valence electrons. The summed E-state index contributed by atoms with van der Waals surface area (Å²) in [5.41, 5.74) is 11.5. The van der Waals surface area contributed by atoms with Gasteiger partial charge in [0.15, 0.2) is 0 Å². The van der Waals surface area contributed by atoms with E-state index in [2.05, 4.69) is 183 Å². The number of pyridine rings is 4. The average molecular weight is 1040 g/mol. The van der Waals surface area contributed by atoms with Crippen LogP contribution < -0.4 is 5.46 Å². The van der Waals surface area contributed by atoms with E-state index < -0.39 is 7.12 Å². The van der Waals surface area contributed by atoms with Gasteiger partial charge in [-0.2, -0.15) is 0 Å². The molecular weight excluding hydrogens is 995 g/mol. The molecule has 6 nitrogen and oxygen atoms in total. The van der Waals surface area contributed by atoms with Crippen molar-refractivity contribution in [1.82, 2.24) is 19.9 Å². The molecule has 10 aromatic carbocycles. The molecular formula is C68H46BBrN4O2. The van der Waals surface area contributed by atoms with Gasteiger partial charge in [-0.05, 0) is 169 Å². The molecule has 0 unspecified atom stereocenters. The topological polar surface area (TPSA) is 92.0 Å². The van der Waals surface area contributed by atoms with E-state index in [1.54, 1.807) is 12.4 Å². The molecule has 14 aromatic rings. The average Bonchev–Trinajstić information content (AvgIpc) is 3.53. The molecule has 8 heteroatoms. The Morgan fingerprint density at radius 3 is 1.08 bits per heavy atom. The van der Waals surface area contributed by atoms with Crippen LogP contribution >= 0.6 is 15.9 Å². The Labute approximate surface area is 448 Å². The fourth-order valence-electron chi connectivity index (χ4n) is 10.5. The van der Waals surface area contributed by atoms with Gasteiger partial charge < -0.3 is 10.0 Å². The zero-order chi connectivity index (χ0) is 51.4. The van der Waals surface area contributed by atoms with E-state index in [1.807, 2.05) is 103 Å². The SMILES string of the molecule is Brc1cccc(-c2ccncc2)n1.OB(O)c1c2ccccc2c(-c2ccc3ccccc3c2)c2ccccc12.c1cc(-c2ccncc2)nc(-c2c3ccccc3c(-c3ccc4ccccc4c3)c3ccccc23)c1. The summed E-state index contributed by atoms with van der Waals surface area (Å²) in [6, 6.07) is 83.5. The molecule has 0 aliphatic heterocycles. The van der Waals surface area contributed by atoms with Crippen molar-refractivity contribution in [3.8, 4) is 56.0 Å². The van der Waals surface area contributed by atoms with Crippen molar-refractivity contribution < 1.29 is 10.0 Å². The molecule has 0 amide bonds. The van der Waals surface area contributed by atoms with E-state index in [0.29, 0.717) is 5.46 Å². The van der Waals surface area contributed by atoms with Gasteiger partial charge in [-0.1, -0.05) is 182 Å². The van der Waals surface area contributed by atoms with Crippen LogP contribution in [0.2, 0.25) is 0 Å². The number of nitrogens with zero attached hydrogens (tertiary/aromatic N) is 4. The molecule has 0 fully saturated rings. The lowest BCUT2D eigenvalue weighted by Gasteiger charge is -2.18. The number of aromatic nitrogens is 4. The van der Waals surface area contributed by atoms with Crippen molar-refractivity contribution in [2.24, 2.45) is 0 Å². The van der Waals surface area contributed by atoms with Crippen LogP contribution in [0.15, 0.2) is 272 Å². The Hall–Kier alpha value is -9.18. The minimum atomic E-state index is -1.52. The summed E-state index contributed by atoms with van der Waals surface area (Å²) in [5, 5.41) is 33.7. The molecule has 0 atom stereocenters. The normalized spacial score (nSPS) is 11.1. The molecule has 0 bridgehead atoms. The van der Waals surface area contributed by atoms with Crippen LogP contribution in [0.25, 0.3) is 121 Å². The van der Waals surface area contributed by atoms with Gasteiger partial charge in [0.1, 0.15) is 4.60 Å². The Morgan fingerprint density at radius 1 is 0.289 bits per heavy atom. The molecule has 14 rings (SSSR count). The first-order chi connectivity index (χ1) is 37.5. The van der Waals surface area contributed by atoms with E-state index in [1.165, 1.54) is 59.8 Å². The fraction of sp³-hybridized carbons (Fsp3) is 0. The summed E-state index contributed by atoms with van der Waals surface area (Å²) in [7, 11) is -1.52. The molecule has 4 heterocycles. The van der Waals surface area contributed by atoms with Gasteiger partial charge >= 0.3 is 7.12 Å². The Morgan fingerprint density at radius 2 is 0.645 bits per heavy atom. The summed E-state index contributed by atoms with van der Waals surface area (Å²) in [4.78, 5) is 17.6. The van der Waals surface area contributed by atoms with E-state index >= 15 is 0 Å². The standard InChI is InChI=1S/C34H22N2.C24H17BO2.C10H7BrN2/c1-2-9-25-22-26(17-16-23(25)8-1)33-27-10-3-5-12-29(27)34(30-13-6-4-11-28(30)33)32-15-7-14-31(36-32)24-18-20-35-21-19-24;26-25(27)24-21-11-5-3-9-19(21)23(20-10-4-6-12-22(20)24)18-14-13-16-7-1-2-8-17(16)15-18;11-10-3-1-2-9(13-10)8-4-6-12-7-5-8/h1-22H;1-15,26-27H;1-7H. The highest BCUT2D eigenvalue weighted by molar-refractivity contribution is 9.10. The number of rotatable bonds is 6. The van der Waals surface area contributed by atoms with Crippen LogP contribution in [-0.4, -0.2) is 37.1 Å². The highest BCUT2D eigenvalue weighted by Gasteiger charge is 2.23. The molecule has 0 aliphatic rings. The smallest absolute Gasteiger partial charge is 0.423 e. The van der Waals surface area contributed by atoms with Crippen molar-refractivity contribution >= 4 is 93.1 Å². The number of fused-ring (bicyclic) bond motifs is 6. The van der Waals surface area contributed by atoms with Gasteiger partial charge in [0, 0.05) is 41.5 Å². The van der Waals surface area contributed by atoms with E-state index in [-0.39, 0.29) is 0 Å². The van der Waals surface area contributed by atoms with Crippen LogP contribution in [0, 0.1) is 0 Å². The quantitative estimate of drug-likeness (QED) is 0.0979. The lowest BCUT2D eigenvalue weighted by atomic mass is 9.72. The molecule has 76 heavy (non-hydrogen) atoms. The second kappa shape index (κ2) is 21.4. The van der Waals surface area contributed by atoms with Crippen LogP contribution in [0.3, 0.4) is 0 Å². The fourth-order valence-corrected chi connectivity index (χ4v) is 10.8. The van der Waals surface area contributed by atoms with Crippen molar-refractivity contribution in [3.63, 3.8) is 0 Å². The molecule has 0 saturated heterocycles. The molecule has 0 saturated carbocycles. The predicted octanol–water partition coefficient (Wildman–Crippen LogP) is 16.3. The Kier molecular flexibility index (Phi) is 13.4. The number of hydrogen-bond donors (Lipinski definition) is 2. The zero-order valence-corrected chi connectivity index (χ0v) is 42.6. The van der Waals surface area contributed by atoms with Gasteiger partial charge in [-0.3, -0.25) is 9.97 Å². The van der Waals surface area contributed by atoms with Crippen LogP contribution in [0.4, 0.5) is 0 Å². The van der Waals surface area contributed by atoms with Gasteiger partial charge in [-0.25, -0.2) is 9.97 Å². The minimum absolute atomic E-state index is 0.561. The van der Waals surface area contributed by atoms with Crippen LogP contribution in [0.1, 0.15) is 0 Å². The predicted molar refractivity (Wildman–Crippen MR) is 320 cm³/mol. The highest BCUT2D eigenvalue weighted by atomic mass is 79.9. The molecule has 0 radical (unpaired) electrons. The molecule has 2 N–H and O–H groups in total. The third-order valence-electron chi connectivity index (χ3n) is 13.9. The van der Waals surface area contributed by atoms with Gasteiger partial charge in [0.2, 0.25) is 0 Å². The monoisotopic (exact) mass is 1040 g/mol. The summed E-state index contributed by atoms with van der Waals surface area (Å²) in [6.45, 7) is 0. The summed E-state index contributed by atoms with van der Waals surface area (Å²) < 4.78 is 0.849. The highest BCUT2D eigenvalue weighted by Crippen LogP contribution is 2.44. The Balaban J connectivity index is 0.000000127. The van der Waals surface area contributed by atoms with Crippen molar-refractivity contribution in [2.45, 2.75) is 0 Å². The molecule has 0 spiro atoms. The molecule has 4 aromatic heterocycles. The lowest BCUT2D eigenvalue weighted by Crippen LogP contribution is -2.31. The third kappa shape index (κ3) is 9.49. The first kappa shape index (κ1) is 47.8. The van der Waals surface area contributed by atoms with Gasteiger partial charge in [-0.15, -0.1) is 0 Å². The van der Waals surface area contributed by atoms with Gasteiger partial charge in [0.05, 0.1) is 17.1 Å². The second-order valence-electron chi connectivity index (χ2n) is 18.4. The maximum atomic E-state index is 10.1. The van der Waals surface area contributed by atoms with Crippen molar-refractivity contribution in [2.75, 3.05) is 0 Å². The van der Waals surface area contributed by atoms with Crippen molar-refractivity contribution in [1.29, 1.82) is 0 Å². The van der Waals surface area contributed by atoms with Crippen LogP contribution in [0.5, 0.6) is 0 Å². The van der Waals surface area contributed by atoms with E-state index in [4.69, 9.17) is 4.98 Å².